The normalized spacial score (nSPS) is 11.7. The zero-order chi connectivity index (χ0) is 22.6. The molecule has 3 rings (SSSR count). The van der Waals surface area contributed by atoms with E-state index >= 15 is 0 Å². The van der Waals surface area contributed by atoms with Crippen molar-refractivity contribution in [1.82, 2.24) is 0 Å². The molecule has 1 atom stereocenters. The highest BCUT2D eigenvalue weighted by molar-refractivity contribution is 5.72. The predicted octanol–water partition coefficient (Wildman–Crippen LogP) is 5.16. The minimum atomic E-state index is -0.946. The molecule has 0 aliphatic rings. The van der Waals surface area contributed by atoms with Gasteiger partial charge in [0.1, 0.15) is 11.5 Å². The Morgan fingerprint density at radius 2 is 1.31 bits per heavy atom. The first-order valence-corrected chi connectivity index (χ1v) is 11.0. The fraction of sp³-hybridized carbons (Fsp3) is 0.296. The molecule has 0 aliphatic heterocycles. The van der Waals surface area contributed by atoms with Crippen LogP contribution in [-0.4, -0.2) is 37.0 Å². The van der Waals surface area contributed by atoms with E-state index in [1.165, 1.54) is 11.1 Å². The number of benzene rings is 3. The number of ether oxygens (including phenoxy) is 3. The average Bonchev–Trinajstić information content (AvgIpc) is 2.81. The summed E-state index contributed by atoms with van der Waals surface area (Å²) in [5.41, 5.74) is 3.45. The first kappa shape index (κ1) is 23.4. The summed E-state index contributed by atoms with van der Waals surface area (Å²) in [5, 5.41) is 9.18. The first-order chi connectivity index (χ1) is 15.6. The molecule has 0 fully saturated rings. The third kappa shape index (κ3) is 7.75. The van der Waals surface area contributed by atoms with Crippen LogP contribution in [0.3, 0.4) is 0 Å². The van der Waals surface area contributed by atoms with Gasteiger partial charge in [-0.2, -0.15) is 0 Å². The number of carbonyl (C=O) groups is 1. The summed E-state index contributed by atoms with van der Waals surface area (Å²) >= 11 is 0. The summed E-state index contributed by atoms with van der Waals surface area (Å²) in [6.45, 7) is 3.28. The quantitative estimate of drug-likeness (QED) is 0.377. The van der Waals surface area contributed by atoms with Crippen LogP contribution in [0.5, 0.6) is 11.5 Å². The Morgan fingerprint density at radius 3 is 1.84 bits per heavy atom. The lowest BCUT2D eigenvalue weighted by Gasteiger charge is -2.13. The topological polar surface area (TPSA) is 65.0 Å². The van der Waals surface area contributed by atoms with E-state index < -0.39 is 12.1 Å². The second kappa shape index (κ2) is 12.5. The molecule has 0 unspecified atom stereocenters. The third-order valence-electron chi connectivity index (χ3n) is 4.99. The molecular weight excluding hydrogens is 404 g/mol. The van der Waals surface area contributed by atoms with Crippen molar-refractivity contribution in [3.63, 3.8) is 0 Å². The van der Waals surface area contributed by atoms with Crippen LogP contribution in [-0.2, 0) is 22.4 Å². The van der Waals surface area contributed by atoms with Crippen molar-refractivity contribution in [2.75, 3.05) is 19.8 Å². The van der Waals surface area contributed by atoms with Crippen LogP contribution in [0.2, 0.25) is 0 Å². The Hall–Kier alpha value is -3.31. The highest BCUT2D eigenvalue weighted by Gasteiger charge is 2.17. The molecular formula is C27H30O5. The third-order valence-corrected chi connectivity index (χ3v) is 4.99. The van der Waals surface area contributed by atoms with E-state index in [0.29, 0.717) is 26.2 Å². The number of hydrogen-bond donors (Lipinski definition) is 1. The van der Waals surface area contributed by atoms with Crippen molar-refractivity contribution < 1.29 is 24.1 Å². The second-order valence-corrected chi connectivity index (χ2v) is 7.49. The summed E-state index contributed by atoms with van der Waals surface area (Å²) in [5.74, 6) is 0.661. The molecule has 3 aromatic rings. The fourth-order valence-corrected chi connectivity index (χ4v) is 3.33. The van der Waals surface area contributed by atoms with Gasteiger partial charge >= 0.3 is 5.97 Å². The molecule has 0 amide bonds. The van der Waals surface area contributed by atoms with Gasteiger partial charge in [0.15, 0.2) is 6.10 Å². The molecule has 0 heterocycles. The second-order valence-electron chi connectivity index (χ2n) is 7.49. The lowest BCUT2D eigenvalue weighted by molar-refractivity contribution is -0.149. The van der Waals surface area contributed by atoms with E-state index in [2.05, 4.69) is 36.4 Å². The molecule has 0 aliphatic carbocycles. The Kier molecular flexibility index (Phi) is 9.14. The minimum Gasteiger partial charge on any atom is -0.493 e. The van der Waals surface area contributed by atoms with Gasteiger partial charge in [0, 0.05) is 19.4 Å². The van der Waals surface area contributed by atoms with Gasteiger partial charge in [-0.3, -0.25) is 0 Å². The molecule has 32 heavy (non-hydrogen) atoms. The molecule has 0 saturated heterocycles. The van der Waals surface area contributed by atoms with Crippen LogP contribution in [0, 0.1) is 0 Å². The lowest BCUT2D eigenvalue weighted by Crippen LogP contribution is -2.26. The van der Waals surface area contributed by atoms with Gasteiger partial charge in [-0.05, 0) is 54.3 Å². The Morgan fingerprint density at radius 1 is 0.781 bits per heavy atom. The number of aliphatic carboxylic acids is 1. The van der Waals surface area contributed by atoms with Crippen molar-refractivity contribution in [2.24, 2.45) is 0 Å². The van der Waals surface area contributed by atoms with Gasteiger partial charge < -0.3 is 19.3 Å². The van der Waals surface area contributed by atoms with Crippen LogP contribution in [0.15, 0.2) is 78.9 Å². The number of carboxylic acids is 1. The van der Waals surface area contributed by atoms with Gasteiger partial charge in [0.25, 0.3) is 0 Å². The van der Waals surface area contributed by atoms with Gasteiger partial charge in [0.2, 0.25) is 0 Å². The van der Waals surface area contributed by atoms with Crippen molar-refractivity contribution >= 4 is 5.97 Å². The van der Waals surface area contributed by atoms with Gasteiger partial charge in [0.05, 0.1) is 13.2 Å². The number of carboxylic acid groups (broad SMARTS) is 1. The van der Waals surface area contributed by atoms with Gasteiger partial charge in [-0.1, -0.05) is 54.6 Å². The van der Waals surface area contributed by atoms with E-state index in [0.717, 1.165) is 29.9 Å². The van der Waals surface area contributed by atoms with Crippen LogP contribution in [0.1, 0.15) is 30.0 Å². The molecule has 0 aromatic heterocycles. The van der Waals surface area contributed by atoms with Crippen LogP contribution in [0.4, 0.5) is 0 Å². The maximum absolute atomic E-state index is 11.2. The summed E-state index contributed by atoms with van der Waals surface area (Å²) in [6.07, 6.45) is 1.19. The van der Waals surface area contributed by atoms with Crippen molar-refractivity contribution in [3.8, 4) is 11.5 Å². The molecule has 5 heteroatoms. The smallest absolute Gasteiger partial charge is 0.333 e. The Balaban J connectivity index is 1.35. The molecule has 0 saturated carbocycles. The van der Waals surface area contributed by atoms with E-state index in [1.54, 1.807) is 6.92 Å². The zero-order valence-electron chi connectivity index (χ0n) is 18.4. The van der Waals surface area contributed by atoms with E-state index in [1.807, 2.05) is 42.5 Å². The molecule has 168 valence electrons. The minimum absolute atomic E-state index is 0.335. The predicted molar refractivity (Wildman–Crippen MR) is 124 cm³/mol. The van der Waals surface area contributed by atoms with Crippen LogP contribution < -0.4 is 9.47 Å². The monoisotopic (exact) mass is 434 g/mol. The number of hydrogen-bond acceptors (Lipinski definition) is 4. The van der Waals surface area contributed by atoms with Gasteiger partial charge in [-0.25, -0.2) is 4.79 Å². The maximum atomic E-state index is 11.2. The molecule has 0 spiro atoms. The van der Waals surface area contributed by atoms with E-state index in [4.69, 9.17) is 14.2 Å². The standard InChI is InChI=1S/C27H30O5/c1-2-30-26(27(28)29)20-23-11-15-25(16-12-23)32-18-6-17-31-24-13-9-22(10-14-24)19-21-7-4-3-5-8-21/h3-5,7-16,26H,2,6,17-20H2,1H3,(H,28,29)/t26-/m0/s1. The van der Waals surface area contributed by atoms with Crippen molar-refractivity contribution in [1.29, 1.82) is 0 Å². The lowest BCUT2D eigenvalue weighted by atomic mass is 10.1. The van der Waals surface area contributed by atoms with Gasteiger partial charge in [-0.15, -0.1) is 0 Å². The van der Waals surface area contributed by atoms with Crippen LogP contribution >= 0.6 is 0 Å². The summed E-state index contributed by atoms with van der Waals surface area (Å²) in [4.78, 5) is 11.2. The average molecular weight is 435 g/mol. The SMILES string of the molecule is CCO[C@@H](Cc1ccc(OCCCOc2ccc(Cc3ccccc3)cc2)cc1)C(=O)O. The van der Waals surface area contributed by atoms with E-state index in [-0.39, 0.29) is 0 Å². The fourth-order valence-electron chi connectivity index (χ4n) is 3.33. The molecule has 3 aromatic carbocycles. The number of rotatable bonds is 13. The molecule has 1 N–H and O–H groups in total. The Bertz CT molecular complexity index is 936. The van der Waals surface area contributed by atoms with E-state index in [9.17, 15) is 9.90 Å². The van der Waals surface area contributed by atoms with Crippen molar-refractivity contribution in [2.45, 2.75) is 32.3 Å². The largest absolute Gasteiger partial charge is 0.493 e. The highest BCUT2D eigenvalue weighted by Crippen LogP contribution is 2.17. The molecule has 5 nitrogen and oxygen atoms in total. The maximum Gasteiger partial charge on any atom is 0.333 e. The highest BCUT2D eigenvalue weighted by atomic mass is 16.5. The Labute approximate surface area is 189 Å². The summed E-state index contributed by atoms with van der Waals surface area (Å²) < 4.78 is 16.8. The summed E-state index contributed by atoms with van der Waals surface area (Å²) in [6, 6.07) is 26.1. The van der Waals surface area contributed by atoms with Crippen LogP contribution in [0.25, 0.3) is 0 Å². The van der Waals surface area contributed by atoms with Crippen molar-refractivity contribution in [3.05, 3.63) is 95.6 Å². The first-order valence-electron chi connectivity index (χ1n) is 11.0. The molecule has 0 radical (unpaired) electrons. The zero-order valence-corrected chi connectivity index (χ0v) is 18.4. The summed E-state index contributed by atoms with van der Waals surface area (Å²) in [7, 11) is 0. The molecule has 0 bridgehead atoms.